The molecular formula is C16H23N3OS. The first-order valence-corrected chi connectivity index (χ1v) is 8.19. The fourth-order valence-corrected chi connectivity index (χ4v) is 2.95. The molecular weight excluding hydrogens is 282 g/mol. The van der Waals surface area contributed by atoms with E-state index in [1.165, 1.54) is 5.56 Å². The lowest BCUT2D eigenvalue weighted by atomic mass is 10.1. The van der Waals surface area contributed by atoms with E-state index in [1.54, 1.807) is 11.8 Å². The molecule has 114 valence electrons. The maximum absolute atomic E-state index is 12.1. The summed E-state index contributed by atoms with van der Waals surface area (Å²) in [4.78, 5) is 15.5. The highest BCUT2D eigenvalue weighted by atomic mass is 32.2. The summed E-state index contributed by atoms with van der Waals surface area (Å²) in [6, 6.07) is 8.22. The lowest BCUT2D eigenvalue weighted by molar-refractivity contribution is -0.120. The molecule has 0 bridgehead atoms. The number of carbonyl (C=O) groups excluding carboxylic acids is 1. The average molecular weight is 305 g/mol. The Morgan fingerprint density at radius 3 is 2.52 bits per heavy atom. The molecule has 0 saturated carbocycles. The number of hydrazone groups is 1. The van der Waals surface area contributed by atoms with Gasteiger partial charge in [0.1, 0.15) is 0 Å². The van der Waals surface area contributed by atoms with Crippen molar-refractivity contribution in [3.8, 4) is 0 Å². The van der Waals surface area contributed by atoms with E-state index in [0.29, 0.717) is 0 Å². The van der Waals surface area contributed by atoms with Gasteiger partial charge in [0.2, 0.25) is 0 Å². The van der Waals surface area contributed by atoms with Crippen LogP contribution in [0.4, 0.5) is 0 Å². The van der Waals surface area contributed by atoms with Gasteiger partial charge in [0.05, 0.1) is 5.25 Å². The number of hydrogen-bond acceptors (Lipinski definition) is 4. The molecule has 1 aliphatic heterocycles. The molecule has 0 radical (unpaired) electrons. The van der Waals surface area contributed by atoms with Crippen molar-refractivity contribution in [3.05, 3.63) is 29.8 Å². The number of hydrogen-bond donors (Lipinski definition) is 1. The summed E-state index contributed by atoms with van der Waals surface area (Å²) in [6.07, 6.45) is 1.88. The number of nitrogens with zero attached hydrogens (tertiary/aromatic N) is 2. The minimum atomic E-state index is -0.150. The highest BCUT2D eigenvalue weighted by molar-refractivity contribution is 8.00. The van der Waals surface area contributed by atoms with Crippen molar-refractivity contribution >= 4 is 23.4 Å². The molecule has 0 aliphatic carbocycles. The number of thioether (sulfide) groups is 1. The Morgan fingerprint density at radius 1 is 1.29 bits per heavy atom. The normalized spacial score (nSPS) is 17.4. The van der Waals surface area contributed by atoms with Gasteiger partial charge in [0, 0.05) is 36.5 Å². The quantitative estimate of drug-likeness (QED) is 0.687. The van der Waals surface area contributed by atoms with Crippen LogP contribution in [-0.4, -0.2) is 41.9 Å². The summed E-state index contributed by atoms with van der Waals surface area (Å²) < 4.78 is 0. The van der Waals surface area contributed by atoms with E-state index in [-0.39, 0.29) is 11.2 Å². The van der Waals surface area contributed by atoms with Crippen molar-refractivity contribution in [2.75, 3.05) is 20.1 Å². The first-order valence-electron chi connectivity index (χ1n) is 7.32. The van der Waals surface area contributed by atoms with Gasteiger partial charge in [-0.25, -0.2) is 5.43 Å². The third kappa shape index (κ3) is 5.17. The molecule has 1 N–H and O–H groups in total. The number of likely N-dealkylation sites (tertiary alicyclic amines) is 1. The minimum Gasteiger partial charge on any atom is -0.306 e. The second kappa shape index (κ2) is 7.61. The van der Waals surface area contributed by atoms with E-state index >= 15 is 0 Å². The van der Waals surface area contributed by atoms with Gasteiger partial charge in [-0.15, -0.1) is 11.8 Å². The number of amides is 1. The monoisotopic (exact) mass is 305 g/mol. The van der Waals surface area contributed by atoms with Gasteiger partial charge >= 0.3 is 0 Å². The van der Waals surface area contributed by atoms with Crippen LogP contribution in [0.3, 0.4) is 0 Å². The number of nitrogens with one attached hydrogen (secondary N) is 1. The molecule has 1 fully saturated rings. The maximum Gasteiger partial charge on any atom is 0.253 e. The second-order valence-electron chi connectivity index (χ2n) is 5.53. The molecule has 5 heteroatoms. The average Bonchev–Trinajstić information content (AvgIpc) is 2.48. The van der Waals surface area contributed by atoms with Crippen molar-refractivity contribution in [2.45, 2.75) is 36.8 Å². The zero-order valence-corrected chi connectivity index (χ0v) is 13.7. The predicted octanol–water partition coefficient (Wildman–Crippen LogP) is 2.67. The molecule has 1 atom stereocenters. The molecule has 2 rings (SSSR count). The topological polar surface area (TPSA) is 44.7 Å². The summed E-state index contributed by atoms with van der Waals surface area (Å²) in [5.74, 6) is -0.0352. The van der Waals surface area contributed by atoms with Gasteiger partial charge in [-0.2, -0.15) is 5.10 Å². The summed E-state index contributed by atoms with van der Waals surface area (Å²) in [5.41, 5.74) is 5.03. The van der Waals surface area contributed by atoms with E-state index in [1.807, 2.05) is 19.1 Å². The van der Waals surface area contributed by atoms with E-state index in [2.05, 4.69) is 41.5 Å². The van der Waals surface area contributed by atoms with Crippen molar-refractivity contribution in [1.29, 1.82) is 0 Å². The van der Waals surface area contributed by atoms with Crippen LogP contribution < -0.4 is 5.43 Å². The Balaban J connectivity index is 1.82. The Labute approximate surface area is 131 Å². The van der Waals surface area contributed by atoms with Crippen LogP contribution in [-0.2, 0) is 4.79 Å². The van der Waals surface area contributed by atoms with Crippen LogP contribution >= 0.6 is 11.8 Å². The number of piperidine rings is 1. The Morgan fingerprint density at radius 2 is 1.90 bits per heavy atom. The number of rotatable bonds is 4. The van der Waals surface area contributed by atoms with Gasteiger partial charge in [-0.05, 0) is 33.0 Å². The molecule has 0 spiro atoms. The van der Waals surface area contributed by atoms with Gasteiger partial charge < -0.3 is 4.90 Å². The van der Waals surface area contributed by atoms with Gasteiger partial charge in [0.25, 0.3) is 5.91 Å². The third-order valence-electron chi connectivity index (χ3n) is 3.59. The van der Waals surface area contributed by atoms with Crippen LogP contribution in [0.5, 0.6) is 0 Å². The van der Waals surface area contributed by atoms with Crippen LogP contribution in [0.1, 0.15) is 25.3 Å². The predicted molar refractivity (Wildman–Crippen MR) is 88.8 cm³/mol. The van der Waals surface area contributed by atoms with Crippen LogP contribution in [0.2, 0.25) is 0 Å². The van der Waals surface area contributed by atoms with Crippen LogP contribution in [0.15, 0.2) is 34.3 Å². The minimum absolute atomic E-state index is 0.0352. The van der Waals surface area contributed by atoms with Gasteiger partial charge in [0.15, 0.2) is 0 Å². The smallest absolute Gasteiger partial charge is 0.253 e. The molecule has 1 amide bonds. The van der Waals surface area contributed by atoms with E-state index in [0.717, 1.165) is 36.5 Å². The molecule has 0 unspecified atom stereocenters. The van der Waals surface area contributed by atoms with E-state index < -0.39 is 0 Å². The summed E-state index contributed by atoms with van der Waals surface area (Å²) in [5, 5.41) is 4.12. The Bertz CT molecular complexity index is 503. The third-order valence-corrected chi connectivity index (χ3v) is 4.70. The molecule has 1 aliphatic rings. The SMILES string of the molecule is Cc1ccc(S[C@@H](C)C(=O)NN=C2CCN(C)CC2)cc1. The van der Waals surface area contributed by atoms with Crippen molar-refractivity contribution in [1.82, 2.24) is 10.3 Å². The molecule has 1 heterocycles. The molecule has 1 aromatic carbocycles. The fourth-order valence-electron chi connectivity index (χ4n) is 2.09. The molecule has 0 aromatic heterocycles. The summed E-state index contributed by atoms with van der Waals surface area (Å²) in [6.45, 7) is 6.00. The summed E-state index contributed by atoms with van der Waals surface area (Å²) >= 11 is 1.56. The van der Waals surface area contributed by atoms with Crippen molar-refractivity contribution < 1.29 is 4.79 Å². The van der Waals surface area contributed by atoms with E-state index in [4.69, 9.17) is 0 Å². The first-order chi connectivity index (χ1) is 10.0. The van der Waals surface area contributed by atoms with Gasteiger partial charge in [-0.1, -0.05) is 17.7 Å². The lowest BCUT2D eigenvalue weighted by Gasteiger charge is -2.22. The second-order valence-corrected chi connectivity index (χ2v) is 6.94. The molecule has 21 heavy (non-hydrogen) atoms. The molecule has 4 nitrogen and oxygen atoms in total. The zero-order chi connectivity index (χ0) is 15.2. The van der Waals surface area contributed by atoms with Crippen LogP contribution in [0.25, 0.3) is 0 Å². The van der Waals surface area contributed by atoms with E-state index in [9.17, 15) is 4.79 Å². The number of benzene rings is 1. The summed E-state index contributed by atoms with van der Waals surface area (Å²) in [7, 11) is 2.11. The number of aryl methyl sites for hydroxylation is 1. The van der Waals surface area contributed by atoms with Crippen LogP contribution in [0, 0.1) is 6.92 Å². The standard InChI is InChI=1S/C16H23N3OS/c1-12-4-6-15(7-5-12)21-13(2)16(20)18-17-14-8-10-19(3)11-9-14/h4-7,13H,8-11H2,1-3H3,(H,18,20)/t13-/m0/s1. The number of carbonyl (C=O) groups is 1. The van der Waals surface area contributed by atoms with Gasteiger partial charge in [-0.3, -0.25) is 4.79 Å². The highest BCUT2D eigenvalue weighted by Crippen LogP contribution is 2.23. The molecule has 1 saturated heterocycles. The first kappa shape index (κ1) is 16.0. The fraction of sp³-hybridized carbons (Fsp3) is 0.500. The maximum atomic E-state index is 12.1. The Kier molecular flexibility index (Phi) is 5.82. The lowest BCUT2D eigenvalue weighted by Crippen LogP contribution is -2.33. The van der Waals surface area contributed by atoms with Crippen molar-refractivity contribution in [3.63, 3.8) is 0 Å². The zero-order valence-electron chi connectivity index (χ0n) is 12.9. The Hall–Kier alpha value is -1.33. The van der Waals surface area contributed by atoms with Crippen molar-refractivity contribution in [2.24, 2.45) is 5.10 Å². The highest BCUT2D eigenvalue weighted by Gasteiger charge is 2.15. The largest absolute Gasteiger partial charge is 0.306 e. The molecule has 1 aromatic rings.